The normalized spacial score (nSPS) is 24.8. The van der Waals surface area contributed by atoms with Crippen molar-refractivity contribution >= 4 is 52.0 Å². The number of carbonyl (C=O) groups excluding carboxylic acids is 1. The molecule has 0 spiro atoms. The predicted octanol–water partition coefficient (Wildman–Crippen LogP) is 5.14. The van der Waals surface area contributed by atoms with Gasteiger partial charge in [0.05, 0.1) is 28.5 Å². The van der Waals surface area contributed by atoms with Crippen LogP contribution >= 0.6 is 11.6 Å². The Bertz CT molecular complexity index is 1520. The fourth-order valence-corrected chi connectivity index (χ4v) is 5.65. The standard InChI is InChI=1S/C28H26ClN7O/c29-22-14-19-10-11-25(33-20-4-2-1-3-5-20)34-23(19)15-21(22)28-35-26(24-16-32-12-13-36(24,28)31)17-6-8-18(9-7-17)27(30)37/h1-5,10-18H,6-9,31H2,(H2-,30,33,34,37)/p+1. The van der Waals surface area contributed by atoms with E-state index in [0.29, 0.717) is 10.9 Å². The fourth-order valence-electron chi connectivity index (χ4n) is 5.39. The lowest BCUT2D eigenvalue weighted by molar-refractivity contribution is -0.750. The smallest absolute Gasteiger partial charge is 0.266 e. The maximum atomic E-state index is 11.7. The molecule has 186 valence electrons. The number of amides is 1. The highest BCUT2D eigenvalue weighted by Gasteiger charge is 2.47. The first kappa shape index (κ1) is 23.5. The Morgan fingerprint density at radius 3 is 2.59 bits per heavy atom. The van der Waals surface area contributed by atoms with Gasteiger partial charge in [-0.2, -0.15) is 10.8 Å². The highest BCUT2D eigenvalue weighted by Crippen LogP contribution is 2.42. The number of hydrogen-bond donors (Lipinski definition) is 3. The van der Waals surface area contributed by atoms with E-state index in [0.717, 1.165) is 65.0 Å². The number of quaternary nitrogens is 1. The van der Waals surface area contributed by atoms with Gasteiger partial charge in [-0.05, 0) is 62.1 Å². The van der Waals surface area contributed by atoms with Gasteiger partial charge in [-0.1, -0.05) is 29.8 Å². The second kappa shape index (κ2) is 9.23. The van der Waals surface area contributed by atoms with Crippen LogP contribution in [-0.4, -0.2) is 27.5 Å². The van der Waals surface area contributed by atoms with E-state index < -0.39 is 0 Å². The summed E-state index contributed by atoms with van der Waals surface area (Å²) in [6.07, 6.45) is 8.42. The molecular weight excluding hydrogens is 486 g/mol. The van der Waals surface area contributed by atoms with Gasteiger partial charge >= 0.3 is 0 Å². The quantitative estimate of drug-likeness (QED) is 0.324. The zero-order chi connectivity index (χ0) is 25.6. The molecule has 1 unspecified atom stereocenters. The zero-order valence-corrected chi connectivity index (χ0v) is 20.9. The first-order valence-corrected chi connectivity index (χ1v) is 12.7. The summed E-state index contributed by atoms with van der Waals surface area (Å²) in [7, 11) is 0. The molecule has 2 aliphatic heterocycles. The van der Waals surface area contributed by atoms with E-state index in [4.69, 9.17) is 33.2 Å². The Balaban J connectivity index is 1.38. The van der Waals surface area contributed by atoms with Crippen molar-refractivity contribution in [1.82, 2.24) is 4.98 Å². The first-order valence-electron chi connectivity index (χ1n) is 12.4. The number of anilines is 2. The number of fused-ring (bicyclic) bond motifs is 2. The number of benzene rings is 2. The van der Waals surface area contributed by atoms with Crippen molar-refractivity contribution in [1.29, 1.82) is 0 Å². The van der Waals surface area contributed by atoms with Crippen molar-refractivity contribution in [2.45, 2.75) is 25.7 Å². The van der Waals surface area contributed by atoms with Gasteiger partial charge in [0.2, 0.25) is 11.6 Å². The van der Waals surface area contributed by atoms with E-state index in [1.54, 1.807) is 12.4 Å². The molecule has 0 bridgehead atoms. The van der Waals surface area contributed by atoms with Gasteiger partial charge in [0.1, 0.15) is 17.7 Å². The van der Waals surface area contributed by atoms with Crippen molar-refractivity contribution in [2.24, 2.45) is 33.4 Å². The van der Waals surface area contributed by atoms with Crippen molar-refractivity contribution < 1.29 is 9.39 Å². The van der Waals surface area contributed by atoms with Crippen LogP contribution in [0.3, 0.4) is 0 Å². The Labute approximate surface area is 219 Å². The van der Waals surface area contributed by atoms with Crippen LogP contribution in [-0.2, 0) is 4.79 Å². The number of nitrogens with zero attached hydrogens (tertiary/aromatic N) is 4. The zero-order valence-electron chi connectivity index (χ0n) is 20.1. The monoisotopic (exact) mass is 512 g/mol. The van der Waals surface area contributed by atoms with Crippen molar-refractivity contribution in [3.63, 3.8) is 0 Å². The molecule has 8 nitrogen and oxygen atoms in total. The number of nitrogens with one attached hydrogen (secondary N) is 1. The van der Waals surface area contributed by atoms with Gasteiger partial charge in [-0.3, -0.25) is 9.79 Å². The van der Waals surface area contributed by atoms with Crippen LogP contribution in [0.1, 0.15) is 31.2 Å². The van der Waals surface area contributed by atoms with Crippen LogP contribution in [0.2, 0.25) is 5.02 Å². The number of rotatable bonds is 5. The average molecular weight is 513 g/mol. The molecule has 1 atom stereocenters. The van der Waals surface area contributed by atoms with Gasteiger partial charge in [0.15, 0.2) is 0 Å². The second-order valence-corrected chi connectivity index (χ2v) is 10.1. The molecule has 0 saturated heterocycles. The fraction of sp³-hybridized carbons (Fsp3) is 0.214. The molecule has 1 fully saturated rings. The second-order valence-electron chi connectivity index (χ2n) is 9.72. The van der Waals surface area contributed by atoms with E-state index in [9.17, 15) is 4.79 Å². The Hall–Kier alpha value is -3.85. The number of hydrogen-bond acceptors (Lipinski definition) is 6. The molecule has 37 heavy (non-hydrogen) atoms. The number of aromatic nitrogens is 1. The molecule has 3 aromatic rings. The third-order valence-corrected chi connectivity index (χ3v) is 7.72. The largest absolute Gasteiger partial charge is 0.369 e. The highest BCUT2D eigenvalue weighted by molar-refractivity contribution is 6.34. The molecule has 2 aromatic carbocycles. The van der Waals surface area contributed by atoms with Gasteiger partial charge in [-0.25, -0.2) is 4.98 Å². The Morgan fingerprint density at radius 1 is 1.05 bits per heavy atom. The molecule has 1 amide bonds. The maximum Gasteiger partial charge on any atom is 0.266 e. The summed E-state index contributed by atoms with van der Waals surface area (Å²) in [5.41, 5.74) is 9.73. The van der Waals surface area contributed by atoms with Gasteiger partial charge in [0, 0.05) is 22.9 Å². The summed E-state index contributed by atoms with van der Waals surface area (Å²) in [6, 6.07) is 17.7. The lowest BCUT2D eigenvalue weighted by Crippen LogP contribution is -2.53. The van der Waals surface area contributed by atoms with Crippen LogP contribution in [0.5, 0.6) is 0 Å². The van der Waals surface area contributed by atoms with E-state index in [1.165, 1.54) is 0 Å². The van der Waals surface area contributed by atoms with Gasteiger partial charge in [0.25, 0.3) is 5.84 Å². The summed E-state index contributed by atoms with van der Waals surface area (Å²) >= 11 is 6.82. The molecular formula is C28H27ClN7O+. The van der Waals surface area contributed by atoms with Crippen LogP contribution < -0.4 is 16.9 Å². The number of pyridine rings is 1. The third kappa shape index (κ3) is 4.23. The van der Waals surface area contributed by atoms with Gasteiger partial charge < -0.3 is 11.1 Å². The number of aliphatic imine (C=N–C) groups is 2. The van der Waals surface area contributed by atoms with E-state index in [-0.39, 0.29) is 22.3 Å². The third-order valence-electron chi connectivity index (χ3n) is 7.40. The summed E-state index contributed by atoms with van der Waals surface area (Å²) < 4.78 is -0.109. The van der Waals surface area contributed by atoms with Crippen molar-refractivity contribution in [2.75, 3.05) is 5.32 Å². The van der Waals surface area contributed by atoms with Crippen LogP contribution in [0.25, 0.3) is 10.9 Å². The lowest BCUT2D eigenvalue weighted by atomic mass is 9.80. The number of primary amides is 1. The number of carbonyl (C=O) groups is 1. The minimum absolute atomic E-state index is 0.0801. The maximum absolute atomic E-state index is 11.7. The Morgan fingerprint density at radius 2 is 1.84 bits per heavy atom. The summed E-state index contributed by atoms with van der Waals surface area (Å²) in [6.45, 7) is 0. The molecule has 0 radical (unpaired) electrons. The Kier molecular flexibility index (Phi) is 5.87. The van der Waals surface area contributed by atoms with E-state index in [2.05, 4.69) is 10.3 Å². The van der Waals surface area contributed by atoms with Crippen LogP contribution in [0.4, 0.5) is 11.5 Å². The SMILES string of the molecule is NC(=O)C1CCC(C2=C3C=NC=C[N+]3(N)C(c3cc4nc(Nc5ccccc5)ccc4cc3Cl)=N2)CC1. The molecule has 1 aliphatic carbocycles. The number of amidine groups is 1. The molecule has 5 N–H and O–H groups in total. The van der Waals surface area contributed by atoms with Crippen molar-refractivity contribution in [3.8, 4) is 0 Å². The summed E-state index contributed by atoms with van der Waals surface area (Å²) in [5.74, 6) is 8.18. The molecule has 1 aromatic heterocycles. The number of halogens is 1. The molecule has 6 rings (SSSR count). The average Bonchev–Trinajstić information content (AvgIpc) is 3.22. The van der Waals surface area contributed by atoms with Crippen LogP contribution in [0, 0.1) is 11.8 Å². The lowest BCUT2D eigenvalue weighted by Gasteiger charge is -2.28. The topological polar surface area (TPSA) is 119 Å². The van der Waals surface area contributed by atoms with E-state index >= 15 is 0 Å². The summed E-state index contributed by atoms with van der Waals surface area (Å²) in [5, 5.41) is 4.81. The molecule has 9 heteroatoms. The van der Waals surface area contributed by atoms with Gasteiger partial charge in [-0.15, -0.1) is 4.59 Å². The molecule has 3 aliphatic rings. The molecule has 3 heterocycles. The summed E-state index contributed by atoms with van der Waals surface area (Å²) in [4.78, 5) is 25.9. The predicted molar refractivity (Wildman–Crippen MR) is 147 cm³/mol. The molecule has 1 saturated carbocycles. The highest BCUT2D eigenvalue weighted by atomic mass is 35.5. The number of nitrogens with two attached hydrogens (primary N) is 2. The minimum Gasteiger partial charge on any atom is -0.369 e. The minimum atomic E-state index is -0.227. The van der Waals surface area contributed by atoms with Crippen molar-refractivity contribution in [3.05, 3.63) is 89.0 Å². The number of para-hydroxylation sites is 1. The number of allylic oxidation sites excluding steroid dienone is 2. The first-order chi connectivity index (χ1) is 17.9. The van der Waals surface area contributed by atoms with E-state index in [1.807, 2.05) is 60.8 Å². The van der Waals surface area contributed by atoms with Crippen LogP contribution in [0.15, 0.2) is 88.4 Å².